The molecule has 1 atom stereocenters. The Hall–Kier alpha value is -0.960. The van der Waals surface area contributed by atoms with Crippen LogP contribution in [0.25, 0.3) is 0 Å². The molecule has 0 saturated carbocycles. The van der Waals surface area contributed by atoms with Crippen LogP contribution in [0.3, 0.4) is 0 Å². The van der Waals surface area contributed by atoms with Gasteiger partial charge in [0.25, 0.3) is 0 Å². The number of carbonyl (C=O) groups excluding carboxylic acids is 1. The van der Waals surface area contributed by atoms with Crippen LogP contribution in [0.1, 0.15) is 24.5 Å². The normalized spacial score (nSPS) is 16.5. The molecule has 16 heavy (non-hydrogen) atoms. The van der Waals surface area contributed by atoms with Crippen LogP contribution in [0, 0.1) is 5.92 Å². The highest BCUT2D eigenvalue weighted by molar-refractivity contribution is 7.80. The number of benzene rings is 1. The van der Waals surface area contributed by atoms with E-state index in [1.165, 1.54) is 11.1 Å². The van der Waals surface area contributed by atoms with Gasteiger partial charge < -0.3 is 5.32 Å². The molecule has 0 fully saturated rings. The average Bonchev–Trinajstić information content (AvgIpc) is 2.29. The van der Waals surface area contributed by atoms with Gasteiger partial charge in [-0.05, 0) is 41.7 Å². The van der Waals surface area contributed by atoms with E-state index in [9.17, 15) is 4.79 Å². The summed E-state index contributed by atoms with van der Waals surface area (Å²) in [5, 5.41) is 2.90. The fourth-order valence-corrected chi connectivity index (χ4v) is 2.16. The monoisotopic (exact) mass is 235 g/mol. The molecule has 0 bridgehead atoms. The lowest BCUT2D eigenvalue weighted by Gasteiger charge is -2.18. The predicted octanol–water partition coefficient (Wildman–Crippen LogP) is 2.68. The molecule has 0 radical (unpaired) electrons. The fourth-order valence-electron chi connectivity index (χ4n) is 2.03. The van der Waals surface area contributed by atoms with Crippen molar-refractivity contribution >= 4 is 24.2 Å². The van der Waals surface area contributed by atoms with Crippen molar-refractivity contribution in [3.63, 3.8) is 0 Å². The molecule has 1 aliphatic heterocycles. The number of hydrogen-bond acceptors (Lipinski definition) is 2. The molecular formula is C13H17NOS. The Morgan fingerprint density at radius 1 is 1.44 bits per heavy atom. The second-order valence-corrected chi connectivity index (χ2v) is 4.90. The second-order valence-electron chi connectivity index (χ2n) is 4.53. The molecule has 2 rings (SSSR count). The van der Waals surface area contributed by atoms with Crippen molar-refractivity contribution in [1.82, 2.24) is 0 Å². The van der Waals surface area contributed by atoms with E-state index in [0.717, 1.165) is 24.3 Å². The number of thiol groups is 1. The molecule has 0 saturated heterocycles. The van der Waals surface area contributed by atoms with Gasteiger partial charge in [-0.1, -0.05) is 19.1 Å². The van der Waals surface area contributed by atoms with Gasteiger partial charge in [-0.15, -0.1) is 0 Å². The fraction of sp³-hybridized carbons (Fsp3) is 0.462. The van der Waals surface area contributed by atoms with Crippen molar-refractivity contribution in [3.05, 3.63) is 29.3 Å². The van der Waals surface area contributed by atoms with Gasteiger partial charge in [0.1, 0.15) is 0 Å². The first-order valence-electron chi connectivity index (χ1n) is 5.71. The van der Waals surface area contributed by atoms with Crippen LogP contribution in [-0.4, -0.2) is 11.7 Å². The van der Waals surface area contributed by atoms with Gasteiger partial charge >= 0.3 is 0 Å². The van der Waals surface area contributed by atoms with Gasteiger partial charge in [-0.2, -0.15) is 12.6 Å². The lowest BCUT2D eigenvalue weighted by atomic mass is 9.96. The first-order valence-corrected chi connectivity index (χ1v) is 6.35. The maximum absolute atomic E-state index is 11.2. The number of aryl methyl sites for hydroxylation is 1. The van der Waals surface area contributed by atoms with Crippen LogP contribution >= 0.6 is 12.6 Å². The molecule has 0 aromatic heterocycles. The zero-order chi connectivity index (χ0) is 11.5. The number of carbonyl (C=O) groups is 1. The van der Waals surface area contributed by atoms with Crippen LogP contribution in [0.15, 0.2) is 18.2 Å². The summed E-state index contributed by atoms with van der Waals surface area (Å²) in [4.78, 5) is 11.2. The Balaban J connectivity index is 2.16. The van der Waals surface area contributed by atoms with Gasteiger partial charge in [-0.3, -0.25) is 4.79 Å². The SMILES string of the molecule is CC(CS)Cc1ccc2c(c1)CCC(=O)N2. The molecule has 0 aliphatic carbocycles. The van der Waals surface area contributed by atoms with Crippen molar-refractivity contribution in [2.75, 3.05) is 11.1 Å². The molecule has 86 valence electrons. The number of nitrogens with one attached hydrogen (secondary N) is 1. The van der Waals surface area contributed by atoms with Crippen molar-refractivity contribution in [3.8, 4) is 0 Å². The molecule has 1 unspecified atom stereocenters. The van der Waals surface area contributed by atoms with Crippen molar-refractivity contribution in [2.45, 2.75) is 26.2 Å². The van der Waals surface area contributed by atoms with E-state index in [0.29, 0.717) is 12.3 Å². The highest BCUT2D eigenvalue weighted by Gasteiger charge is 2.14. The Bertz CT molecular complexity index is 403. The molecule has 1 aromatic carbocycles. The number of hydrogen-bond donors (Lipinski definition) is 2. The third-order valence-corrected chi connectivity index (χ3v) is 3.58. The van der Waals surface area contributed by atoms with Gasteiger partial charge in [0.2, 0.25) is 5.91 Å². The van der Waals surface area contributed by atoms with Crippen LogP contribution in [0.2, 0.25) is 0 Å². The van der Waals surface area contributed by atoms with E-state index in [1.807, 2.05) is 6.07 Å². The molecule has 1 amide bonds. The number of fused-ring (bicyclic) bond motifs is 1. The summed E-state index contributed by atoms with van der Waals surface area (Å²) >= 11 is 4.30. The number of anilines is 1. The minimum atomic E-state index is 0.129. The molecule has 1 aliphatic rings. The van der Waals surface area contributed by atoms with E-state index >= 15 is 0 Å². The summed E-state index contributed by atoms with van der Waals surface area (Å²) in [5.74, 6) is 1.64. The largest absolute Gasteiger partial charge is 0.326 e. The first-order chi connectivity index (χ1) is 7.69. The second kappa shape index (κ2) is 4.91. The quantitative estimate of drug-likeness (QED) is 0.775. The Morgan fingerprint density at radius 3 is 3.00 bits per heavy atom. The lowest BCUT2D eigenvalue weighted by Crippen LogP contribution is -2.19. The van der Waals surface area contributed by atoms with Crippen molar-refractivity contribution < 1.29 is 4.79 Å². The van der Waals surface area contributed by atoms with Crippen LogP contribution in [0.4, 0.5) is 5.69 Å². The molecule has 2 nitrogen and oxygen atoms in total. The highest BCUT2D eigenvalue weighted by Crippen LogP contribution is 2.24. The standard InChI is InChI=1S/C13H17NOS/c1-9(8-16)6-10-2-4-12-11(7-10)3-5-13(15)14-12/h2,4,7,9,16H,3,5-6,8H2,1H3,(H,14,15). The minimum absolute atomic E-state index is 0.129. The lowest BCUT2D eigenvalue weighted by molar-refractivity contribution is -0.116. The van der Waals surface area contributed by atoms with Gasteiger partial charge in [0, 0.05) is 12.1 Å². The van der Waals surface area contributed by atoms with Crippen molar-refractivity contribution in [1.29, 1.82) is 0 Å². The summed E-state index contributed by atoms with van der Waals surface area (Å²) in [6.45, 7) is 2.20. The summed E-state index contributed by atoms with van der Waals surface area (Å²) in [5.41, 5.74) is 3.60. The van der Waals surface area contributed by atoms with E-state index < -0.39 is 0 Å². The number of amides is 1. The maximum Gasteiger partial charge on any atom is 0.224 e. The van der Waals surface area contributed by atoms with Crippen molar-refractivity contribution in [2.24, 2.45) is 5.92 Å². The minimum Gasteiger partial charge on any atom is -0.326 e. The molecule has 1 N–H and O–H groups in total. The Kier molecular flexibility index (Phi) is 3.54. The molecule has 1 heterocycles. The zero-order valence-corrected chi connectivity index (χ0v) is 10.4. The van der Waals surface area contributed by atoms with E-state index in [4.69, 9.17) is 0 Å². The predicted molar refractivity (Wildman–Crippen MR) is 70.1 cm³/mol. The summed E-state index contributed by atoms with van der Waals surface area (Å²) in [7, 11) is 0. The summed E-state index contributed by atoms with van der Waals surface area (Å²) < 4.78 is 0. The molecule has 3 heteroatoms. The third kappa shape index (κ3) is 2.59. The highest BCUT2D eigenvalue weighted by atomic mass is 32.1. The number of rotatable bonds is 3. The van der Waals surface area contributed by atoms with Crippen LogP contribution < -0.4 is 5.32 Å². The van der Waals surface area contributed by atoms with Gasteiger partial charge in [0.05, 0.1) is 0 Å². The van der Waals surface area contributed by atoms with Gasteiger partial charge in [0.15, 0.2) is 0 Å². The average molecular weight is 235 g/mol. The Labute approximate surface area is 102 Å². The first kappa shape index (κ1) is 11.5. The topological polar surface area (TPSA) is 29.1 Å². The van der Waals surface area contributed by atoms with Crippen LogP contribution in [0.5, 0.6) is 0 Å². The Morgan fingerprint density at radius 2 is 2.25 bits per heavy atom. The molecule has 1 aromatic rings. The van der Waals surface area contributed by atoms with E-state index in [-0.39, 0.29) is 5.91 Å². The smallest absolute Gasteiger partial charge is 0.224 e. The summed E-state index contributed by atoms with van der Waals surface area (Å²) in [6.07, 6.45) is 2.54. The third-order valence-electron chi connectivity index (χ3n) is 2.96. The van der Waals surface area contributed by atoms with E-state index in [2.05, 4.69) is 37.0 Å². The molecular weight excluding hydrogens is 218 g/mol. The molecule has 0 spiro atoms. The summed E-state index contributed by atoms with van der Waals surface area (Å²) in [6, 6.07) is 6.34. The van der Waals surface area contributed by atoms with Crippen LogP contribution in [-0.2, 0) is 17.6 Å². The van der Waals surface area contributed by atoms with Gasteiger partial charge in [-0.25, -0.2) is 0 Å². The van der Waals surface area contributed by atoms with E-state index in [1.54, 1.807) is 0 Å². The zero-order valence-electron chi connectivity index (χ0n) is 9.49. The maximum atomic E-state index is 11.2.